The second kappa shape index (κ2) is 6.18. The summed E-state index contributed by atoms with van der Waals surface area (Å²) in [5, 5.41) is 8.89. The van der Waals surface area contributed by atoms with Gasteiger partial charge in [-0.1, -0.05) is 13.3 Å². The van der Waals surface area contributed by atoms with Crippen LogP contribution >= 0.6 is 0 Å². The van der Waals surface area contributed by atoms with Gasteiger partial charge in [0.05, 0.1) is 0 Å². The second-order valence-electron chi connectivity index (χ2n) is 3.66. The molecule has 0 bridgehead atoms. The summed E-state index contributed by atoms with van der Waals surface area (Å²) in [5.74, 6) is -3.01. The van der Waals surface area contributed by atoms with Crippen molar-refractivity contribution < 1.29 is 23.4 Å². The average Bonchev–Trinajstić information content (AvgIpc) is 2.26. The summed E-state index contributed by atoms with van der Waals surface area (Å²) in [5.41, 5.74) is 0. The number of aliphatic carboxylic acids is 1. The number of hydrogen-bond donors (Lipinski definition) is 1. The van der Waals surface area contributed by atoms with Crippen LogP contribution in [0.1, 0.15) is 26.2 Å². The van der Waals surface area contributed by atoms with Gasteiger partial charge in [-0.3, -0.25) is 0 Å². The van der Waals surface area contributed by atoms with Crippen LogP contribution in [0.15, 0.2) is 18.2 Å². The summed E-state index contributed by atoms with van der Waals surface area (Å²) in [4.78, 5) is 10.9. The van der Waals surface area contributed by atoms with Gasteiger partial charge >= 0.3 is 5.97 Å². The van der Waals surface area contributed by atoms with E-state index in [0.29, 0.717) is 18.9 Å². The molecule has 0 fully saturated rings. The fourth-order valence-electron chi connectivity index (χ4n) is 1.35. The minimum absolute atomic E-state index is 0.241. The highest BCUT2D eigenvalue weighted by atomic mass is 19.1. The Kier molecular flexibility index (Phi) is 4.87. The molecule has 0 amide bonds. The molecule has 0 aliphatic heterocycles. The number of benzene rings is 1. The number of hydrogen-bond acceptors (Lipinski definition) is 2. The lowest BCUT2D eigenvalue weighted by atomic mass is 10.1. The van der Waals surface area contributed by atoms with Gasteiger partial charge in [0.2, 0.25) is 0 Å². The van der Waals surface area contributed by atoms with E-state index in [1.807, 2.05) is 6.92 Å². The summed E-state index contributed by atoms with van der Waals surface area (Å²) >= 11 is 0. The van der Waals surface area contributed by atoms with Crippen molar-refractivity contribution in [3.05, 3.63) is 29.8 Å². The second-order valence-corrected chi connectivity index (χ2v) is 3.66. The largest absolute Gasteiger partial charge is 0.479 e. The quantitative estimate of drug-likeness (QED) is 0.836. The number of carbonyl (C=O) groups is 1. The van der Waals surface area contributed by atoms with Crippen molar-refractivity contribution in [2.75, 3.05) is 0 Å². The predicted molar refractivity (Wildman–Crippen MR) is 57.9 cm³/mol. The Morgan fingerprint density at radius 2 is 2.18 bits per heavy atom. The summed E-state index contributed by atoms with van der Waals surface area (Å²) in [6.45, 7) is 1.91. The van der Waals surface area contributed by atoms with E-state index in [0.717, 1.165) is 18.6 Å². The number of ether oxygens (including phenoxy) is 1. The van der Waals surface area contributed by atoms with Crippen molar-refractivity contribution in [1.29, 1.82) is 0 Å². The first kappa shape index (κ1) is 13.4. The fraction of sp³-hybridized carbons (Fsp3) is 0.417. The normalized spacial score (nSPS) is 12.2. The van der Waals surface area contributed by atoms with E-state index >= 15 is 0 Å². The van der Waals surface area contributed by atoms with Crippen LogP contribution in [0.3, 0.4) is 0 Å². The van der Waals surface area contributed by atoms with E-state index in [1.165, 1.54) is 0 Å². The Hall–Kier alpha value is -1.65. The molecule has 3 nitrogen and oxygen atoms in total. The van der Waals surface area contributed by atoms with Crippen molar-refractivity contribution in [2.45, 2.75) is 32.3 Å². The lowest BCUT2D eigenvalue weighted by Crippen LogP contribution is -2.27. The number of halogens is 2. The standard InChI is InChI=1S/C12H14F2O3/c1-2-3-4-11(12(15)16)17-10-6-5-8(13)7-9(10)14/h5-7,11H,2-4H2,1H3,(H,15,16). The lowest BCUT2D eigenvalue weighted by Gasteiger charge is -2.15. The van der Waals surface area contributed by atoms with Crippen LogP contribution in [0.2, 0.25) is 0 Å². The Morgan fingerprint density at radius 1 is 1.47 bits per heavy atom. The topological polar surface area (TPSA) is 46.5 Å². The van der Waals surface area contributed by atoms with Crippen LogP contribution in [0.25, 0.3) is 0 Å². The van der Waals surface area contributed by atoms with E-state index in [-0.39, 0.29) is 5.75 Å². The molecule has 0 aliphatic carbocycles. The summed E-state index contributed by atoms with van der Waals surface area (Å²) in [6.07, 6.45) is 0.677. The van der Waals surface area contributed by atoms with Crippen molar-refractivity contribution in [1.82, 2.24) is 0 Å². The molecule has 1 atom stereocenters. The van der Waals surface area contributed by atoms with Gasteiger partial charge in [-0.15, -0.1) is 0 Å². The van der Waals surface area contributed by atoms with Gasteiger partial charge in [0, 0.05) is 6.07 Å². The first-order chi connectivity index (χ1) is 8.04. The highest BCUT2D eigenvalue weighted by Crippen LogP contribution is 2.20. The first-order valence-corrected chi connectivity index (χ1v) is 5.39. The summed E-state index contributed by atoms with van der Waals surface area (Å²) in [7, 11) is 0. The summed E-state index contributed by atoms with van der Waals surface area (Å²) in [6, 6.07) is 2.78. The zero-order chi connectivity index (χ0) is 12.8. The fourth-order valence-corrected chi connectivity index (χ4v) is 1.35. The van der Waals surface area contributed by atoms with E-state index in [2.05, 4.69) is 0 Å². The van der Waals surface area contributed by atoms with Gasteiger partial charge in [-0.05, 0) is 25.0 Å². The molecule has 0 radical (unpaired) electrons. The minimum atomic E-state index is -1.15. The molecule has 17 heavy (non-hydrogen) atoms. The van der Waals surface area contributed by atoms with Gasteiger partial charge in [-0.2, -0.15) is 0 Å². The Bertz CT molecular complexity index is 393. The molecule has 0 aliphatic rings. The zero-order valence-electron chi connectivity index (χ0n) is 9.45. The maximum Gasteiger partial charge on any atom is 0.344 e. The van der Waals surface area contributed by atoms with Crippen LogP contribution in [-0.4, -0.2) is 17.2 Å². The van der Waals surface area contributed by atoms with Crippen LogP contribution < -0.4 is 4.74 Å². The molecule has 0 heterocycles. The van der Waals surface area contributed by atoms with Gasteiger partial charge in [0.1, 0.15) is 5.82 Å². The van der Waals surface area contributed by atoms with Crippen LogP contribution in [0.5, 0.6) is 5.75 Å². The Morgan fingerprint density at radius 3 is 2.71 bits per heavy atom. The van der Waals surface area contributed by atoms with E-state index in [4.69, 9.17) is 9.84 Å². The zero-order valence-corrected chi connectivity index (χ0v) is 9.45. The molecular weight excluding hydrogens is 230 g/mol. The molecule has 0 aromatic heterocycles. The number of carboxylic acid groups (broad SMARTS) is 1. The monoisotopic (exact) mass is 244 g/mol. The molecule has 1 aromatic rings. The van der Waals surface area contributed by atoms with Crippen molar-refractivity contribution in [2.24, 2.45) is 0 Å². The van der Waals surface area contributed by atoms with Gasteiger partial charge in [-0.25, -0.2) is 13.6 Å². The predicted octanol–water partition coefficient (Wildman–Crippen LogP) is 2.99. The molecule has 1 N–H and O–H groups in total. The highest BCUT2D eigenvalue weighted by molar-refractivity contribution is 5.72. The van der Waals surface area contributed by atoms with Gasteiger partial charge in [0.25, 0.3) is 0 Å². The Balaban J connectivity index is 2.75. The molecular formula is C12H14F2O3. The van der Waals surface area contributed by atoms with Gasteiger partial charge in [0.15, 0.2) is 17.7 Å². The average molecular weight is 244 g/mol. The SMILES string of the molecule is CCCCC(Oc1ccc(F)cc1F)C(=O)O. The molecule has 1 rings (SSSR count). The minimum Gasteiger partial charge on any atom is -0.479 e. The number of rotatable bonds is 6. The molecule has 0 saturated carbocycles. The van der Waals surface area contributed by atoms with Crippen molar-refractivity contribution >= 4 is 5.97 Å². The molecule has 1 aromatic carbocycles. The van der Waals surface area contributed by atoms with E-state index in [9.17, 15) is 13.6 Å². The van der Waals surface area contributed by atoms with E-state index < -0.39 is 23.7 Å². The molecule has 0 saturated heterocycles. The molecule has 94 valence electrons. The molecule has 0 spiro atoms. The van der Waals surface area contributed by atoms with Gasteiger partial charge < -0.3 is 9.84 Å². The smallest absolute Gasteiger partial charge is 0.344 e. The van der Waals surface area contributed by atoms with Crippen LogP contribution in [-0.2, 0) is 4.79 Å². The third kappa shape index (κ3) is 4.01. The maximum atomic E-state index is 13.2. The first-order valence-electron chi connectivity index (χ1n) is 5.39. The summed E-state index contributed by atoms with van der Waals surface area (Å²) < 4.78 is 30.9. The highest BCUT2D eigenvalue weighted by Gasteiger charge is 2.20. The maximum absolute atomic E-state index is 13.2. The molecule has 1 unspecified atom stereocenters. The van der Waals surface area contributed by atoms with Crippen molar-refractivity contribution in [3.8, 4) is 5.75 Å². The third-order valence-electron chi connectivity index (χ3n) is 2.26. The van der Waals surface area contributed by atoms with E-state index in [1.54, 1.807) is 0 Å². The number of carboxylic acids is 1. The number of unbranched alkanes of at least 4 members (excludes halogenated alkanes) is 1. The van der Waals surface area contributed by atoms with Crippen LogP contribution in [0.4, 0.5) is 8.78 Å². The van der Waals surface area contributed by atoms with Crippen molar-refractivity contribution in [3.63, 3.8) is 0 Å². The Labute approximate surface area is 98.0 Å². The lowest BCUT2D eigenvalue weighted by molar-refractivity contribution is -0.145. The van der Waals surface area contributed by atoms with Crippen LogP contribution in [0, 0.1) is 11.6 Å². The molecule has 5 heteroatoms. The third-order valence-corrected chi connectivity index (χ3v) is 2.26.